The van der Waals surface area contributed by atoms with Crippen LogP contribution in [0.25, 0.3) is 0 Å². The summed E-state index contributed by atoms with van der Waals surface area (Å²) in [6, 6.07) is 7.95. The van der Waals surface area contributed by atoms with Gasteiger partial charge in [0.1, 0.15) is 5.78 Å². The smallest absolute Gasteiger partial charge is 0.142 e. The highest BCUT2D eigenvalue weighted by atomic mass is 16.1. The van der Waals surface area contributed by atoms with Gasteiger partial charge < -0.3 is 0 Å². The van der Waals surface area contributed by atoms with Crippen LogP contribution < -0.4 is 0 Å². The van der Waals surface area contributed by atoms with Crippen LogP contribution in [0.2, 0.25) is 0 Å². The van der Waals surface area contributed by atoms with E-state index in [2.05, 4.69) is 16.0 Å². The van der Waals surface area contributed by atoms with Gasteiger partial charge in [-0.05, 0) is 42.5 Å². The fourth-order valence-electron chi connectivity index (χ4n) is 2.71. The Kier molecular flexibility index (Phi) is 3.36. The average Bonchev–Trinajstić information content (AvgIpc) is 2.90. The summed E-state index contributed by atoms with van der Waals surface area (Å²) in [7, 11) is 0. The lowest BCUT2D eigenvalue weighted by Gasteiger charge is -2.09. The molecule has 0 spiro atoms. The molecule has 3 heteroatoms. The maximum absolute atomic E-state index is 12.3. The van der Waals surface area contributed by atoms with Crippen molar-refractivity contribution in [3.8, 4) is 0 Å². The second-order valence-corrected chi connectivity index (χ2v) is 4.97. The molecule has 19 heavy (non-hydrogen) atoms. The molecule has 0 fully saturated rings. The third-order valence-corrected chi connectivity index (χ3v) is 3.73. The molecular weight excluding hydrogens is 236 g/mol. The van der Waals surface area contributed by atoms with E-state index in [9.17, 15) is 4.79 Å². The zero-order chi connectivity index (χ0) is 13.1. The molecule has 3 nitrogen and oxygen atoms in total. The lowest BCUT2D eigenvalue weighted by Crippen LogP contribution is -2.11. The van der Waals surface area contributed by atoms with Crippen molar-refractivity contribution >= 4 is 5.78 Å². The Morgan fingerprint density at radius 2 is 2.16 bits per heavy atom. The van der Waals surface area contributed by atoms with Gasteiger partial charge in [-0.15, -0.1) is 0 Å². The third-order valence-electron chi connectivity index (χ3n) is 3.73. The van der Waals surface area contributed by atoms with Gasteiger partial charge in [0.25, 0.3) is 0 Å². The van der Waals surface area contributed by atoms with Gasteiger partial charge in [0.15, 0.2) is 0 Å². The number of carbonyl (C=O) groups excluding carboxylic acids is 1. The Morgan fingerprint density at radius 1 is 1.26 bits per heavy atom. The molecule has 0 aliphatic heterocycles. The first-order chi connectivity index (χ1) is 9.34. The number of rotatable bonds is 4. The largest absolute Gasteiger partial charge is 0.299 e. The fraction of sp³-hybridized carbons (Fsp3) is 0.312. The lowest BCUT2D eigenvalue weighted by atomic mass is 9.96. The Bertz CT molecular complexity index is 580. The molecular formula is C16H16N2O. The zero-order valence-electron chi connectivity index (χ0n) is 10.7. The van der Waals surface area contributed by atoms with Gasteiger partial charge in [-0.2, -0.15) is 0 Å². The number of hydrogen-bond donors (Lipinski definition) is 0. The summed E-state index contributed by atoms with van der Waals surface area (Å²) in [5.74, 6) is 0.314. The molecule has 96 valence electrons. The van der Waals surface area contributed by atoms with Crippen LogP contribution in [-0.2, 0) is 17.6 Å². The number of aromatic nitrogens is 2. The number of ketones is 1. The summed E-state index contributed by atoms with van der Waals surface area (Å²) in [6.45, 7) is 0. The van der Waals surface area contributed by atoms with E-state index in [0.717, 1.165) is 30.5 Å². The molecule has 3 rings (SSSR count). The van der Waals surface area contributed by atoms with Crippen molar-refractivity contribution in [2.45, 2.75) is 31.6 Å². The van der Waals surface area contributed by atoms with Crippen LogP contribution in [0.4, 0.5) is 0 Å². The van der Waals surface area contributed by atoms with Crippen LogP contribution >= 0.6 is 0 Å². The summed E-state index contributed by atoms with van der Waals surface area (Å²) in [5, 5.41) is 0. The zero-order valence-corrected chi connectivity index (χ0v) is 10.7. The number of Topliss-reactive ketones (excluding diaryl/α,β-unsaturated/α-hetero) is 1. The Balaban J connectivity index is 1.66. The molecule has 1 unspecified atom stereocenters. The topological polar surface area (TPSA) is 42.9 Å². The molecule has 1 atom stereocenters. The van der Waals surface area contributed by atoms with E-state index in [1.807, 2.05) is 24.4 Å². The van der Waals surface area contributed by atoms with Gasteiger partial charge in [-0.25, -0.2) is 0 Å². The van der Waals surface area contributed by atoms with Crippen molar-refractivity contribution in [3.05, 3.63) is 59.7 Å². The van der Waals surface area contributed by atoms with Crippen molar-refractivity contribution in [3.63, 3.8) is 0 Å². The number of aryl methyl sites for hydroxylation is 2. The number of carbonyl (C=O) groups is 1. The van der Waals surface area contributed by atoms with E-state index in [-0.39, 0.29) is 5.92 Å². The summed E-state index contributed by atoms with van der Waals surface area (Å²) < 4.78 is 0. The maximum atomic E-state index is 12.3. The molecule has 1 aliphatic carbocycles. The standard InChI is InChI=1S/C16H16N2O/c19-15(8-5-12-3-1-9-17-11-12)14-7-6-13-4-2-10-18-16(13)14/h1-4,9-11,14H,5-8H2. The van der Waals surface area contributed by atoms with E-state index in [1.54, 1.807) is 12.4 Å². The summed E-state index contributed by atoms with van der Waals surface area (Å²) in [5.41, 5.74) is 3.36. The van der Waals surface area contributed by atoms with E-state index in [1.165, 1.54) is 5.56 Å². The second kappa shape index (κ2) is 5.31. The molecule has 0 aromatic carbocycles. The van der Waals surface area contributed by atoms with Crippen LogP contribution in [0, 0.1) is 0 Å². The van der Waals surface area contributed by atoms with Crippen molar-refractivity contribution in [2.24, 2.45) is 0 Å². The average molecular weight is 252 g/mol. The summed E-state index contributed by atoms with van der Waals surface area (Å²) >= 11 is 0. The monoisotopic (exact) mass is 252 g/mol. The summed E-state index contributed by atoms with van der Waals surface area (Å²) in [6.07, 6.45) is 8.60. The number of nitrogens with zero attached hydrogens (tertiary/aromatic N) is 2. The van der Waals surface area contributed by atoms with Crippen LogP contribution in [0.15, 0.2) is 42.9 Å². The normalized spacial score (nSPS) is 17.2. The third kappa shape index (κ3) is 2.55. The van der Waals surface area contributed by atoms with Crippen molar-refractivity contribution in [1.82, 2.24) is 9.97 Å². The highest BCUT2D eigenvalue weighted by Gasteiger charge is 2.28. The Labute approximate surface area is 112 Å². The molecule has 2 aromatic rings. The van der Waals surface area contributed by atoms with Gasteiger partial charge in [0, 0.05) is 25.0 Å². The minimum Gasteiger partial charge on any atom is -0.299 e. The molecule has 0 N–H and O–H groups in total. The minimum absolute atomic E-state index is 0.00729. The predicted octanol–water partition coefficient (Wildman–Crippen LogP) is 2.71. The van der Waals surface area contributed by atoms with Crippen LogP contribution in [0.3, 0.4) is 0 Å². The first-order valence-corrected chi connectivity index (χ1v) is 6.70. The van der Waals surface area contributed by atoms with Gasteiger partial charge in [-0.3, -0.25) is 14.8 Å². The van der Waals surface area contributed by atoms with Crippen LogP contribution in [-0.4, -0.2) is 15.8 Å². The molecule has 0 radical (unpaired) electrons. The number of fused-ring (bicyclic) bond motifs is 1. The fourth-order valence-corrected chi connectivity index (χ4v) is 2.71. The molecule has 0 saturated carbocycles. The first kappa shape index (κ1) is 12.0. The highest BCUT2D eigenvalue weighted by molar-refractivity contribution is 5.86. The minimum atomic E-state index is 0.00729. The van der Waals surface area contributed by atoms with Crippen molar-refractivity contribution in [1.29, 1.82) is 0 Å². The molecule has 0 bridgehead atoms. The van der Waals surface area contributed by atoms with Gasteiger partial charge in [0.05, 0.1) is 11.6 Å². The Morgan fingerprint density at radius 3 is 3.00 bits per heavy atom. The Hall–Kier alpha value is -2.03. The molecule has 0 saturated heterocycles. The van der Waals surface area contributed by atoms with E-state index >= 15 is 0 Å². The van der Waals surface area contributed by atoms with Crippen molar-refractivity contribution in [2.75, 3.05) is 0 Å². The molecule has 1 aliphatic rings. The van der Waals surface area contributed by atoms with Gasteiger partial charge in [0.2, 0.25) is 0 Å². The maximum Gasteiger partial charge on any atom is 0.142 e. The second-order valence-electron chi connectivity index (χ2n) is 4.97. The quantitative estimate of drug-likeness (QED) is 0.840. The highest BCUT2D eigenvalue weighted by Crippen LogP contribution is 2.32. The first-order valence-electron chi connectivity index (χ1n) is 6.70. The van der Waals surface area contributed by atoms with E-state index < -0.39 is 0 Å². The van der Waals surface area contributed by atoms with E-state index in [0.29, 0.717) is 12.2 Å². The van der Waals surface area contributed by atoms with Crippen LogP contribution in [0.5, 0.6) is 0 Å². The van der Waals surface area contributed by atoms with E-state index in [4.69, 9.17) is 0 Å². The number of hydrogen-bond acceptors (Lipinski definition) is 3. The van der Waals surface area contributed by atoms with Crippen molar-refractivity contribution < 1.29 is 4.79 Å². The lowest BCUT2D eigenvalue weighted by molar-refractivity contribution is -0.120. The van der Waals surface area contributed by atoms with Crippen LogP contribution in [0.1, 0.15) is 35.6 Å². The predicted molar refractivity (Wildman–Crippen MR) is 72.9 cm³/mol. The van der Waals surface area contributed by atoms with Gasteiger partial charge in [-0.1, -0.05) is 12.1 Å². The molecule has 0 amide bonds. The molecule has 2 aromatic heterocycles. The number of pyridine rings is 2. The molecule has 2 heterocycles. The SMILES string of the molecule is O=C(CCc1cccnc1)C1CCc2cccnc21. The summed E-state index contributed by atoms with van der Waals surface area (Å²) in [4.78, 5) is 20.8. The van der Waals surface area contributed by atoms with Gasteiger partial charge >= 0.3 is 0 Å².